The molecular formula is C16H17NO2. The van der Waals surface area contributed by atoms with Crippen molar-refractivity contribution in [2.24, 2.45) is 0 Å². The van der Waals surface area contributed by atoms with Crippen molar-refractivity contribution in [3.8, 4) is 11.1 Å². The van der Waals surface area contributed by atoms with E-state index < -0.39 is 0 Å². The second-order valence-corrected chi connectivity index (χ2v) is 4.43. The monoisotopic (exact) mass is 255 g/mol. The van der Waals surface area contributed by atoms with E-state index in [-0.39, 0.29) is 10.6 Å². The van der Waals surface area contributed by atoms with Crippen LogP contribution in [0.2, 0.25) is 0 Å². The van der Waals surface area contributed by atoms with E-state index in [1.807, 2.05) is 56.3 Å². The first-order chi connectivity index (χ1) is 9.19. The molecule has 0 saturated carbocycles. The molecule has 0 amide bonds. The van der Waals surface area contributed by atoms with Crippen LogP contribution in [0.4, 0.5) is 5.69 Å². The Morgan fingerprint density at radius 2 is 1.68 bits per heavy atom. The molecule has 2 aromatic carbocycles. The molecule has 0 saturated heterocycles. The number of benzene rings is 2. The number of rotatable bonds is 4. The molecule has 0 aliphatic rings. The lowest BCUT2D eigenvalue weighted by atomic mass is 9.94. The van der Waals surface area contributed by atoms with Gasteiger partial charge in [-0.25, -0.2) is 0 Å². The number of hydrogen-bond acceptors (Lipinski definition) is 2. The minimum absolute atomic E-state index is 0.250. The molecule has 0 atom stereocenters. The van der Waals surface area contributed by atoms with E-state index in [4.69, 9.17) is 0 Å². The van der Waals surface area contributed by atoms with Crippen molar-refractivity contribution in [2.75, 3.05) is 0 Å². The Labute approximate surface area is 113 Å². The molecule has 0 N–H and O–H groups in total. The average Bonchev–Trinajstić information content (AvgIpc) is 2.46. The quantitative estimate of drug-likeness (QED) is 0.600. The number of nitro benzene ring substituents is 1. The lowest BCUT2D eigenvalue weighted by molar-refractivity contribution is -0.384. The fourth-order valence-electron chi connectivity index (χ4n) is 2.46. The van der Waals surface area contributed by atoms with Gasteiger partial charge in [0, 0.05) is 5.56 Å². The highest BCUT2D eigenvalue weighted by Crippen LogP contribution is 2.35. The molecule has 3 heteroatoms. The Hall–Kier alpha value is -2.16. The molecule has 0 heterocycles. The molecule has 98 valence electrons. The molecule has 0 bridgehead atoms. The van der Waals surface area contributed by atoms with E-state index in [9.17, 15) is 10.1 Å². The van der Waals surface area contributed by atoms with E-state index in [0.29, 0.717) is 12.0 Å². The minimum atomic E-state index is -0.250. The number of nitrogens with zero attached hydrogens (tertiary/aromatic N) is 1. The summed E-state index contributed by atoms with van der Waals surface area (Å²) in [6.45, 7) is 4.00. The van der Waals surface area contributed by atoms with Gasteiger partial charge in [0.25, 0.3) is 5.69 Å². The van der Waals surface area contributed by atoms with Crippen LogP contribution in [0.1, 0.15) is 25.0 Å². The predicted molar refractivity (Wildman–Crippen MR) is 77.3 cm³/mol. The molecule has 3 nitrogen and oxygen atoms in total. The van der Waals surface area contributed by atoms with Crippen molar-refractivity contribution >= 4 is 5.69 Å². The highest BCUT2D eigenvalue weighted by molar-refractivity contribution is 5.76. The lowest BCUT2D eigenvalue weighted by Gasteiger charge is -2.11. The zero-order valence-corrected chi connectivity index (χ0v) is 11.2. The second-order valence-electron chi connectivity index (χ2n) is 4.43. The molecule has 0 radical (unpaired) electrons. The van der Waals surface area contributed by atoms with Gasteiger partial charge in [0.05, 0.1) is 10.5 Å². The highest BCUT2D eigenvalue weighted by atomic mass is 16.6. The topological polar surface area (TPSA) is 43.1 Å². The minimum Gasteiger partial charge on any atom is -0.258 e. The maximum atomic E-state index is 11.4. The molecule has 0 aromatic heterocycles. The van der Waals surface area contributed by atoms with Crippen LogP contribution in [0.3, 0.4) is 0 Å². The summed E-state index contributed by atoms with van der Waals surface area (Å²) in [5, 5.41) is 11.4. The van der Waals surface area contributed by atoms with Crippen LogP contribution in [0.5, 0.6) is 0 Å². The summed E-state index contributed by atoms with van der Waals surface area (Å²) in [5.74, 6) is 0. The van der Waals surface area contributed by atoms with Crippen molar-refractivity contribution in [3.05, 3.63) is 63.7 Å². The van der Waals surface area contributed by atoms with E-state index in [2.05, 4.69) is 0 Å². The SMILES string of the molecule is CCc1ccc(-c2ccccc2)c([N+](=O)[O-])c1CC. The first-order valence-electron chi connectivity index (χ1n) is 6.53. The van der Waals surface area contributed by atoms with Gasteiger partial charge in [0.1, 0.15) is 0 Å². The van der Waals surface area contributed by atoms with E-state index in [1.165, 1.54) is 0 Å². The van der Waals surface area contributed by atoms with Crippen molar-refractivity contribution in [3.63, 3.8) is 0 Å². The average molecular weight is 255 g/mol. The molecule has 0 aliphatic heterocycles. The summed E-state index contributed by atoms with van der Waals surface area (Å²) in [6, 6.07) is 13.4. The fourth-order valence-corrected chi connectivity index (χ4v) is 2.46. The van der Waals surface area contributed by atoms with Gasteiger partial charge in [0.15, 0.2) is 0 Å². The van der Waals surface area contributed by atoms with Crippen LogP contribution >= 0.6 is 0 Å². The number of nitro groups is 1. The number of hydrogen-bond donors (Lipinski definition) is 0. The smallest absolute Gasteiger partial charge is 0.258 e. The largest absolute Gasteiger partial charge is 0.280 e. The third kappa shape index (κ3) is 2.50. The van der Waals surface area contributed by atoms with Crippen LogP contribution in [-0.4, -0.2) is 4.92 Å². The summed E-state index contributed by atoms with van der Waals surface area (Å²) < 4.78 is 0. The molecular weight excluding hydrogens is 238 g/mol. The fraction of sp³-hybridized carbons (Fsp3) is 0.250. The molecule has 0 aliphatic carbocycles. The molecule has 19 heavy (non-hydrogen) atoms. The zero-order chi connectivity index (χ0) is 13.8. The van der Waals surface area contributed by atoms with Crippen LogP contribution in [0.25, 0.3) is 11.1 Å². The van der Waals surface area contributed by atoms with Crippen molar-refractivity contribution in [2.45, 2.75) is 26.7 Å². The van der Waals surface area contributed by atoms with Gasteiger partial charge in [-0.2, -0.15) is 0 Å². The first-order valence-corrected chi connectivity index (χ1v) is 6.53. The summed E-state index contributed by atoms with van der Waals surface area (Å²) in [7, 11) is 0. The van der Waals surface area contributed by atoms with Crippen molar-refractivity contribution in [1.82, 2.24) is 0 Å². The van der Waals surface area contributed by atoms with Crippen LogP contribution in [0.15, 0.2) is 42.5 Å². The highest BCUT2D eigenvalue weighted by Gasteiger charge is 2.21. The predicted octanol–water partition coefficient (Wildman–Crippen LogP) is 4.39. The molecule has 2 rings (SSSR count). The summed E-state index contributed by atoms with van der Waals surface area (Å²) in [4.78, 5) is 11.2. The first kappa shape index (κ1) is 13.3. The van der Waals surface area contributed by atoms with Gasteiger partial charge in [0.2, 0.25) is 0 Å². The maximum absolute atomic E-state index is 11.4. The Morgan fingerprint density at radius 1 is 1.00 bits per heavy atom. The van der Waals surface area contributed by atoms with Crippen molar-refractivity contribution in [1.29, 1.82) is 0 Å². The summed E-state index contributed by atoms with van der Waals surface area (Å²) in [6.07, 6.45) is 1.50. The van der Waals surface area contributed by atoms with Crippen molar-refractivity contribution < 1.29 is 4.92 Å². The van der Waals surface area contributed by atoms with Gasteiger partial charge < -0.3 is 0 Å². The Bertz CT molecular complexity index is 591. The van der Waals surface area contributed by atoms with Gasteiger partial charge in [-0.05, 0) is 30.0 Å². The third-order valence-corrected chi connectivity index (χ3v) is 3.38. The third-order valence-electron chi connectivity index (χ3n) is 3.38. The maximum Gasteiger partial charge on any atom is 0.280 e. The lowest BCUT2D eigenvalue weighted by Crippen LogP contribution is -2.01. The summed E-state index contributed by atoms with van der Waals surface area (Å²) >= 11 is 0. The molecule has 0 unspecified atom stereocenters. The van der Waals surface area contributed by atoms with E-state index in [0.717, 1.165) is 23.1 Å². The van der Waals surface area contributed by atoms with Gasteiger partial charge in [-0.15, -0.1) is 0 Å². The van der Waals surface area contributed by atoms with Gasteiger partial charge in [-0.3, -0.25) is 10.1 Å². The molecule has 0 fully saturated rings. The molecule has 2 aromatic rings. The zero-order valence-electron chi connectivity index (χ0n) is 11.2. The summed E-state index contributed by atoms with van der Waals surface area (Å²) in [5.41, 5.74) is 3.78. The Kier molecular flexibility index (Phi) is 3.95. The van der Waals surface area contributed by atoms with Gasteiger partial charge >= 0.3 is 0 Å². The Balaban J connectivity index is 2.72. The van der Waals surface area contributed by atoms with E-state index >= 15 is 0 Å². The standard InChI is InChI=1S/C16H17NO2/c1-3-12-10-11-15(13-8-6-5-7-9-13)16(17(18)19)14(12)4-2/h5-11H,3-4H2,1-2H3. The Morgan fingerprint density at radius 3 is 2.21 bits per heavy atom. The van der Waals surface area contributed by atoms with Crippen LogP contribution < -0.4 is 0 Å². The normalized spacial score (nSPS) is 10.4. The second kappa shape index (κ2) is 5.65. The van der Waals surface area contributed by atoms with Crippen LogP contribution in [-0.2, 0) is 12.8 Å². The molecule has 0 spiro atoms. The van der Waals surface area contributed by atoms with Gasteiger partial charge in [-0.1, -0.05) is 50.2 Å². The van der Waals surface area contributed by atoms with Crippen LogP contribution in [0, 0.1) is 10.1 Å². The van der Waals surface area contributed by atoms with E-state index in [1.54, 1.807) is 0 Å². The number of aryl methyl sites for hydroxylation is 1.